The molecule has 0 aliphatic carbocycles. The lowest BCUT2D eigenvalue weighted by Gasteiger charge is -2.51. The Morgan fingerprint density at radius 2 is 1.27 bits per heavy atom. The van der Waals surface area contributed by atoms with Crippen molar-refractivity contribution in [3.05, 3.63) is 80.7 Å². The van der Waals surface area contributed by atoms with E-state index in [2.05, 4.69) is 91.5 Å². The van der Waals surface area contributed by atoms with Crippen molar-refractivity contribution in [2.75, 3.05) is 6.16 Å². The molecule has 5 rings (SSSR count). The van der Waals surface area contributed by atoms with E-state index in [0.717, 1.165) is 17.0 Å². The number of fused-ring (bicyclic) bond motifs is 4. The quantitative estimate of drug-likeness (QED) is 0.354. The molecule has 5 unspecified atom stereocenters. The minimum absolute atomic E-state index is 0.166. The summed E-state index contributed by atoms with van der Waals surface area (Å²) in [5, 5.41) is 3.46. The molecule has 0 radical (unpaired) electrons. The molecule has 2 bridgehead atoms. The summed E-state index contributed by atoms with van der Waals surface area (Å²) in [5.74, 6) is 2.76. The molecule has 2 heteroatoms. The zero-order chi connectivity index (χ0) is 21.5. The van der Waals surface area contributed by atoms with Gasteiger partial charge in [0.1, 0.15) is 11.0 Å². The van der Waals surface area contributed by atoms with Gasteiger partial charge in [0, 0.05) is 16.9 Å². The molecule has 30 heavy (non-hydrogen) atoms. The van der Waals surface area contributed by atoms with Gasteiger partial charge in [-0.25, -0.2) is 0 Å². The number of hydrogen-bond donors (Lipinski definition) is 0. The SMILES string of the molecule is CC1=CC2C[P+]3(c4c(C)cc(C)cc4C)C=C(C)C3C1P2c1c(C)cc(C)cc1C. The normalized spacial score (nSPS) is 31.7. The van der Waals surface area contributed by atoms with Crippen molar-refractivity contribution >= 4 is 25.8 Å². The highest BCUT2D eigenvalue weighted by molar-refractivity contribution is 7.90. The maximum atomic E-state index is 2.76. The lowest BCUT2D eigenvalue weighted by atomic mass is 10.1. The molecular weight excluding hydrogens is 398 g/mol. The molecule has 0 amide bonds. The lowest BCUT2D eigenvalue weighted by molar-refractivity contribution is 0.912. The summed E-state index contributed by atoms with van der Waals surface area (Å²) in [5.41, 5.74) is 14.6. The van der Waals surface area contributed by atoms with Gasteiger partial charge in [-0.15, -0.1) is 0 Å². The molecule has 1 fully saturated rings. The first-order valence-corrected chi connectivity index (χ1v) is 14.9. The Balaban J connectivity index is 1.67. The second-order valence-corrected chi connectivity index (χ2v) is 16.2. The summed E-state index contributed by atoms with van der Waals surface area (Å²) in [4.78, 5) is 0. The average molecular weight is 434 g/mol. The molecule has 5 atom stereocenters. The maximum absolute atomic E-state index is 2.76. The molecule has 2 aromatic rings. The van der Waals surface area contributed by atoms with Crippen LogP contribution in [0.5, 0.6) is 0 Å². The fourth-order valence-electron chi connectivity index (χ4n) is 7.24. The van der Waals surface area contributed by atoms with E-state index in [1.807, 2.05) is 0 Å². The summed E-state index contributed by atoms with van der Waals surface area (Å²) >= 11 is 0. The highest BCUT2D eigenvalue weighted by Gasteiger charge is 2.67. The Morgan fingerprint density at radius 1 is 0.733 bits per heavy atom. The largest absolute Gasteiger partial charge is 0.113 e. The van der Waals surface area contributed by atoms with E-state index >= 15 is 0 Å². The smallest absolute Gasteiger partial charge is 0.0734 e. The van der Waals surface area contributed by atoms with E-state index in [9.17, 15) is 0 Å². The summed E-state index contributed by atoms with van der Waals surface area (Å²) in [6, 6.07) is 9.72. The second-order valence-electron chi connectivity index (χ2n) is 10.3. The van der Waals surface area contributed by atoms with E-state index < -0.39 is 7.26 Å². The van der Waals surface area contributed by atoms with Gasteiger partial charge in [0.2, 0.25) is 0 Å². The van der Waals surface area contributed by atoms with Gasteiger partial charge in [-0.1, -0.05) is 55.0 Å². The minimum Gasteiger partial charge on any atom is -0.0734 e. The van der Waals surface area contributed by atoms with Gasteiger partial charge in [-0.2, -0.15) is 0 Å². The Kier molecular flexibility index (Phi) is 4.75. The van der Waals surface area contributed by atoms with Gasteiger partial charge in [0.15, 0.2) is 0 Å². The van der Waals surface area contributed by atoms with Crippen molar-refractivity contribution in [3.63, 3.8) is 0 Å². The monoisotopic (exact) mass is 433 g/mol. The zero-order valence-electron chi connectivity index (χ0n) is 19.8. The van der Waals surface area contributed by atoms with E-state index in [1.54, 1.807) is 32.9 Å². The van der Waals surface area contributed by atoms with Gasteiger partial charge in [0.05, 0.1) is 19.2 Å². The molecule has 0 aromatic heterocycles. The lowest BCUT2D eigenvalue weighted by Crippen LogP contribution is -2.47. The van der Waals surface area contributed by atoms with Crippen molar-refractivity contribution in [3.8, 4) is 0 Å². The summed E-state index contributed by atoms with van der Waals surface area (Å²) in [6.07, 6.45) is 4.10. The first kappa shape index (κ1) is 20.7. The molecule has 3 aliphatic heterocycles. The van der Waals surface area contributed by atoms with E-state index in [1.165, 1.54) is 28.4 Å². The predicted molar refractivity (Wildman–Crippen MR) is 138 cm³/mol. The first-order valence-electron chi connectivity index (χ1n) is 11.3. The Labute approximate surface area is 185 Å². The van der Waals surface area contributed by atoms with Crippen LogP contribution in [0.3, 0.4) is 0 Å². The molecule has 0 spiro atoms. The van der Waals surface area contributed by atoms with E-state index in [-0.39, 0.29) is 7.92 Å². The fourth-order valence-corrected chi connectivity index (χ4v) is 18.8. The Morgan fingerprint density at radius 3 is 1.80 bits per heavy atom. The summed E-state index contributed by atoms with van der Waals surface area (Å²) in [7, 11) is -1.43. The topological polar surface area (TPSA) is 0 Å². The number of hydrogen-bond acceptors (Lipinski definition) is 0. The molecule has 1 saturated heterocycles. The molecular formula is C28H35P2+. The van der Waals surface area contributed by atoms with Crippen LogP contribution in [0.2, 0.25) is 0 Å². The standard InChI is InChI=1S/C28H35P2/c1-16-9-18(3)25(19(4)10-16)29-24-13-20(5)26(29)28-23(8)14-30(28,15-24)27-21(6)11-17(2)12-22(27)7/h9-14,24,26,28H,15H2,1-8H3/q+1. The average Bonchev–Trinajstić information content (AvgIpc) is 2.83. The van der Waals surface area contributed by atoms with Crippen molar-refractivity contribution in [1.29, 1.82) is 0 Å². The van der Waals surface area contributed by atoms with Gasteiger partial charge >= 0.3 is 0 Å². The van der Waals surface area contributed by atoms with Crippen LogP contribution in [0.25, 0.3) is 0 Å². The van der Waals surface area contributed by atoms with Gasteiger partial charge in [-0.3, -0.25) is 0 Å². The van der Waals surface area contributed by atoms with Gasteiger partial charge in [-0.05, 0) is 82.9 Å². The Hall–Kier alpha value is -1.22. The van der Waals surface area contributed by atoms with Crippen LogP contribution in [-0.4, -0.2) is 23.1 Å². The first-order chi connectivity index (χ1) is 14.1. The van der Waals surface area contributed by atoms with Crippen LogP contribution in [-0.2, 0) is 0 Å². The van der Waals surface area contributed by atoms with Gasteiger partial charge < -0.3 is 0 Å². The Bertz CT molecular complexity index is 1090. The number of benzene rings is 2. The number of aryl methyl sites for hydroxylation is 6. The third kappa shape index (κ3) is 2.73. The van der Waals surface area contributed by atoms with Crippen LogP contribution in [0.15, 0.2) is 47.3 Å². The van der Waals surface area contributed by atoms with Crippen molar-refractivity contribution < 1.29 is 0 Å². The number of allylic oxidation sites excluding steroid dienone is 3. The van der Waals surface area contributed by atoms with E-state index in [0.29, 0.717) is 0 Å². The van der Waals surface area contributed by atoms with Gasteiger partial charge in [0.25, 0.3) is 0 Å². The highest BCUT2D eigenvalue weighted by Crippen LogP contribution is 2.83. The van der Waals surface area contributed by atoms with Crippen LogP contribution < -0.4 is 10.6 Å². The molecule has 0 saturated carbocycles. The minimum atomic E-state index is -1.26. The summed E-state index contributed by atoms with van der Waals surface area (Å²) < 4.78 is 0. The summed E-state index contributed by atoms with van der Waals surface area (Å²) in [6.45, 7) is 18.8. The van der Waals surface area contributed by atoms with Crippen LogP contribution in [0.1, 0.15) is 47.2 Å². The second kappa shape index (κ2) is 6.89. The van der Waals surface area contributed by atoms with E-state index in [4.69, 9.17) is 0 Å². The molecule has 3 heterocycles. The third-order valence-corrected chi connectivity index (χ3v) is 16.9. The zero-order valence-corrected chi connectivity index (χ0v) is 21.6. The van der Waals surface area contributed by atoms with Crippen molar-refractivity contribution in [2.24, 2.45) is 0 Å². The maximum Gasteiger partial charge on any atom is 0.113 e. The predicted octanol–water partition coefficient (Wildman–Crippen LogP) is 6.98. The van der Waals surface area contributed by atoms with Crippen LogP contribution in [0, 0.1) is 41.5 Å². The third-order valence-electron chi connectivity index (χ3n) is 7.71. The molecule has 3 aliphatic rings. The molecule has 0 N–H and O–H groups in total. The molecule has 156 valence electrons. The van der Waals surface area contributed by atoms with Crippen molar-refractivity contribution in [2.45, 2.75) is 72.4 Å². The van der Waals surface area contributed by atoms with Crippen molar-refractivity contribution in [1.82, 2.24) is 0 Å². The molecule has 0 nitrogen and oxygen atoms in total. The molecule has 2 aromatic carbocycles. The van der Waals surface area contributed by atoms with Crippen LogP contribution in [0.4, 0.5) is 0 Å². The highest BCUT2D eigenvalue weighted by atomic mass is 31.2. The van der Waals surface area contributed by atoms with Crippen LogP contribution >= 0.6 is 15.2 Å². The number of rotatable bonds is 2. The fraction of sp³-hybridized carbons (Fsp3) is 0.429.